The molecule has 1 unspecified atom stereocenters. The Balaban J connectivity index is -0.0000000539. The Morgan fingerprint density at radius 1 is 0.762 bits per heavy atom. The number of rotatable bonds is 6. The third-order valence-corrected chi connectivity index (χ3v) is 3.42. The van der Waals surface area contributed by atoms with E-state index in [0.717, 1.165) is 5.92 Å². The van der Waals surface area contributed by atoms with Crippen molar-refractivity contribution >= 4 is 0 Å². The van der Waals surface area contributed by atoms with Crippen LogP contribution in [0.2, 0.25) is 0 Å². The summed E-state index contributed by atoms with van der Waals surface area (Å²) in [5.41, 5.74) is 0.559. The third-order valence-electron chi connectivity index (χ3n) is 3.42. The zero-order valence-electron chi connectivity index (χ0n) is 16.3. The van der Waals surface area contributed by atoms with Gasteiger partial charge in [-0.1, -0.05) is 123 Å². The topological polar surface area (TPSA) is 0 Å². The molecule has 0 aromatic rings. The van der Waals surface area contributed by atoms with Gasteiger partial charge in [-0.05, 0) is 17.8 Å². The van der Waals surface area contributed by atoms with Crippen LogP contribution < -0.4 is 0 Å². The molecule has 0 fully saturated rings. The van der Waals surface area contributed by atoms with E-state index in [-0.39, 0.29) is 14.9 Å². The van der Waals surface area contributed by atoms with Crippen LogP contribution in [0.1, 0.15) is 130 Å². The van der Waals surface area contributed by atoms with E-state index in [1.807, 2.05) is 27.7 Å². The minimum Gasteiger partial charge on any atom is -0.0776 e. The zero-order valence-corrected chi connectivity index (χ0v) is 16.3. The van der Waals surface area contributed by atoms with Gasteiger partial charge in [-0.2, -0.15) is 0 Å². The summed E-state index contributed by atoms with van der Waals surface area (Å²) in [4.78, 5) is 0. The molecule has 0 heterocycles. The minimum absolute atomic E-state index is 0. The first-order chi connectivity index (χ1) is 8.99. The lowest BCUT2D eigenvalue weighted by Gasteiger charge is -2.33. The van der Waals surface area contributed by atoms with Crippen LogP contribution in [0.3, 0.4) is 0 Å². The first-order valence-electron chi connectivity index (χ1n) is 8.99. The third kappa shape index (κ3) is 28.8. The lowest BCUT2D eigenvalue weighted by atomic mass is 9.73. The molecule has 0 aliphatic rings. The highest BCUT2D eigenvalue weighted by Gasteiger charge is 2.25. The maximum atomic E-state index is 2.41. The van der Waals surface area contributed by atoms with E-state index < -0.39 is 0 Å². The van der Waals surface area contributed by atoms with E-state index in [1.54, 1.807) is 0 Å². The van der Waals surface area contributed by atoms with Crippen molar-refractivity contribution in [3.05, 3.63) is 0 Å². The summed E-state index contributed by atoms with van der Waals surface area (Å²) in [5.74, 6) is 0.933. The molecule has 0 nitrogen and oxygen atoms in total. The summed E-state index contributed by atoms with van der Waals surface area (Å²) >= 11 is 0. The Bertz CT molecular complexity index is 113. The van der Waals surface area contributed by atoms with Gasteiger partial charge in [-0.25, -0.2) is 0 Å². The van der Waals surface area contributed by atoms with Gasteiger partial charge in [-0.3, -0.25) is 0 Å². The highest BCUT2D eigenvalue weighted by atomic mass is 14.3. The van der Waals surface area contributed by atoms with Crippen molar-refractivity contribution in [1.29, 1.82) is 0 Å². The first-order valence-corrected chi connectivity index (χ1v) is 8.99. The Kier molecular flexibility index (Phi) is 57.0. The van der Waals surface area contributed by atoms with Gasteiger partial charge in [0.1, 0.15) is 0 Å². The fraction of sp³-hybridized carbons (Fsp3) is 1.00. The quantitative estimate of drug-likeness (QED) is 0.458. The molecule has 0 aliphatic heterocycles. The molecule has 21 heavy (non-hydrogen) atoms. The van der Waals surface area contributed by atoms with E-state index in [0.29, 0.717) is 5.41 Å². The average molecular weight is 307 g/mol. The Morgan fingerprint density at radius 2 is 1.10 bits per heavy atom. The molecule has 0 saturated carbocycles. The van der Waals surface area contributed by atoms with Crippen LogP contribution in [-0.2, 0) is 0 Å². The molecule has 0 amide bonds. The van der Waals surface area contributed by atoms with Gasteiger partial charge in [0.15, 0.2) is 0 Å². The number of unbranched alkanes of at least 4 members (excludes halogenated alkanes) is 1. The zero-order chi connectivity index (χ0) is 16.3. The molecule has 1 atom stereocenters. The fourth-order valence-corrected chi connectivity index (χ4v) is 1.89. The maximum Gasteiger partial charge on any atom is -0.0329 e. The van der Waals surface area contributed by atoms with Crippen LogP contribution in [0.5, 0.6) is 0 Å². The van der Waals surface area contributed by atoms with Crippen LogP contribution in [0.25, 0.3) is 0 Å². The minimum atomic E-state index is 0. The molecule has 0 aromatic heterocycles. The lowest BCUT2D eigenvalue weighted by Crippen LogP contribution is -2.22. The highest BCUT2D eigenvalue weighted by Crippen LogP contribution is 2.35. The maximum absolute atomic E-state index is 2.41. The number of hydrogen-bond donors (Lipinski definition) is 0. The summed E-state index contributed by atoms with van der Waals surface area (Å²) in [5, 5.41) is 0. The van der Waals surface area contributed by atoms with E-state index in [4.69, 9.17) is 0 Å². The summed E-state index contributed by atoms with van der Waals surface area (Å²) in [6.07, 6.45) is 8.09. The van der Waals surface area contributed by atoms with Crippen LogP contribution in [-0.4, -0.2) is 0 Å². The van der Waals surface area contributed by atoms with Crippen molar-refractivity contribution in [3.8, 4) is 0 Å². The molecule has 0 aromatic carbocycles. The van der Waals surface area contributed by atoms with E-state index in [9.17, 15) is 0 Å². The predicted octanol–water partition coefficient (Wildman–Crippen LogP) is 9.38. The molecule has 0 saturated heterocycles. The summed E-state index contributed by atoms with van der Waals surface area (Å²) in [6, 6.07) is 0. The van der Waals surface area contributed by atoms with Crippen molar-refractivity contribution in [2.45, 2.75) is 130 Å². The Morgan fingerprint density at radius 3 is 1.29 bits per heavy atom. The van der Waals surface area contributed by atoms with Gasteiger partial charge in [-0.15, -0.1) is 0 Å². The molecule has 0 spiro atoms. The standard InChI is InChI=1S/C12H26.C3H8.2C2H6.2CH4/c1-6-9-10-11(7-2)12(4,5)8-3;1-3-2;2*1-2;;/h11H,6-10H2,1-5H3;3H2,1-2H3;2*1-2H3;2*1H4. The summed E-state index contributed by atoms with van der Waals surface area (Å²) in [6.45, 7) is 24.0. The van der Waals surface area contributed by atoms with Crippen molar-refractivity contribution in [2.75, 3.05) is 0 Å². The largest absolute Gasteiger partial charge is 0.0776 e. The lowest BCUT2D eigenvalue weighted by molar-refractivity contribution is 0.181. The van der Waals surface area contributed by atoms with Gasteiger partial charge < -0.3 is 0 Å². The van der Waals surface area contributed by atoms with E-state index >= 15 is 0 Å². The van der Waals surface area contributed by atoms with Crippen molar-refractivity contribution < 1.29 is 0 Å². The summed E-state index contributed by atoms with van der Waals surface area (Å²) in [7, 11) is 0. The average Bonchev–Trinajstić information content (AvgIpc) is 2.45. The van der Waals surface area contributed by atoms with Crippen molar-refractivity contribution in [3.63, 3.8) is 0 Å². The summed E-state index contributed by atoms with van der Waals surface area (Å²) < 4.78 is 0. The normalized spacial score (nSPS) is 9.86. The molecule has 138 valence electrons. The molecule has 0 rings (SSSR count). The smallest absolute Gasteiger partial charge is 0.0329 e. The van der Waals surface area contributed by atoms with Gasteiger partial charge in [0.2, 0.25) is 0 Å². The predicted molar refractivity (Wildman–Crippen MR) is 110 cm³/mol. The molecule has 0 radical (unpaired) electrons. The molecule has 0 aliphatic carbocycles. The van der Waals surface area contributed by atoms with E-state index in [1.165, 1.54) is 38.5 Å². The number of hydrogen-bond acceptors (Lipinski definition) is 0. The second-order valence-electron chi connectivity index (χ2n) is 5.30. The van der Waals surface area contributed by atoms with Crippen molar-refractivity contribution in [1.82, 2.24) is 0 Å². The first kappa shape index (κ1) is 37.3. The van der Waals surface area contributed by atoms with E-state index in [2.05, 4.69) is 48.5 Å². The molecular formula is C21H54. The van der Waals surface area contributed by atoms with Gasteiger partial charge in [0, 0.05) is 0 Å². The van der Waals surface area contributed by atoms with Crippen LogP contribution in [0.15, 0.2) is 0 Å². The molecule has 0 bridgehead atoms. The van der Waals surface area contributed by atoms with Crippen LogP contribution in [0.4, 0.5) is 0 Å². The second kappa shape index (κ2) is 32.1. The molecule has 0 N–H and O–H groups in total. The molecule has 0 heteroatoms. The van der Waals surface area contributed by atoms with Gasteiger partial charge >= 0.3 is 0 Å². The Labute approximate surface area is 141 Å². The Hall–Kier alpha value is 0. The fourth-order valence-electron chi connectivity index (χ4n) is 1.89. The highest BCUT2D eigenvalue weighted by molar-refractivity contribution is 4.75. The monoisotopic (exact) mass is 306 g/mol. The second-order valence-corrected chi connectivity index (χ2v) is 5.30. The van der Waals surface area contributed by atoms with Crippen LogP contribution >= 0.6 is 0 Å². The van der Waals surface area contributed by atoms with Crippen molar-refractivity contribution in [2.24, 2.45) is 11.3 Å². The van der Waals surface area contributed by atoms with Gasteiger partial charge in [0.05, 0.1) is 0 Å². The van der Waals surface area contributed by atoms with Crippen LogP contribution in [0, 0.1) is 11.3 Å². The van der Waals surface area contributed by atoms with Gasteiger partial charge in [0.25, 0.3) is 0 Å². The molecular weight excluding hydrogens is 252 g/mol. The SMILES string of the molecule is C.C.CC.CC.CCC.CCCCC(CC)C(C)(C)CC.